The van der Waals surface area contributed by atoms with E-state index < -0.39 is 11.9 Å². The van der Waals surface area contributed by atoms with E-state index in [9.17, 15) is 19.5 Å². The SMILES string of the molecule is O=C(c1ccc(N2C(=O)N/C(=C\c3ccc(O)cc3)C2=O)cc1)N1CCCC1. The zero-order valence-corrected chi connectivity index (χ0v) is 15.1. The van der Waals surface area contributed by atoms with Crippen molar-refractivity contribution in [2.45, 2.75) is 12.8 Å². The summed E-state index contributed by atoms with van der Waals surface area (Å²) in [6.07, 6.45) is 3.58. The number of rotatable bonds is 3. The lowest BCUT2D eigenvalue weighted by molar-refractivity contribution is -0.113. The van der Waals surface area contributed by atoms with E-state index in [2.05, 4.69) is 5.32 Å². The Labute approximate surface area is 161 Å². The molecule has 0 spiro atoms. The molecule has 4 rings (SSSR count). The third-order valence-electron chi connectivity index (χ3n) is 4.85. The van der Waals surface area contributed by atoms with Gasteiger partial charge in [0.25, 0.3) is 11.8 Å². The summed E-state index contributed by atoms with van der Waals surface area (Å²) >= 11 is 0. The normalized spacial score (nSPS) is 18.1. The highest BCUT2D eigenvalue weighted by atomic mass is 16.3. The highest BCUT2D eigenvalue weighted by Crippen LogP contribution is 2.24. The number of phenols is 1. The number of aromatic hydroxyl groups is 1. The highest BCUT2D eigenvalue weighted by molar-refractivity contribution is 6.28. The van der Waals surface area contributed by atoms with E-state index in [1.54, 1.807) is 47.4 Å². The topological polar surface area (TPSA) is 90.0 Å². The Hall–Kier alpha value is -3.61. The van der Waals surface area contributed by atoms with Crippen LogP contribution in [0.25, 0.3) is 6.08 Å². The van der Waals surface area contributed by atoms with Gasteiger partial charge in [-0.25, -0.2) is 9.69 Å². The van der Waals surface area contributed by atoms with Gasteiger partial charge in [-0.15, -0.1) is 0 Å². The number of hydrogen-bond acceptors (Lipinski definition) is 4. The number of anilines is 1. The van der Waals surface area contributed by atoms with Gasteiger partial charge in [-0.2, -0.15) is 0 Å². The Morgan fingerprint density at radius 1 is 0.964 bits per heavy atom. The quantitative estimate of drug-likeness (QED) is 0.636. The number of likely N-dealkylation sites (tertiary alicyclic amines) is 1. The van der Waals surface area contributed by atoms with Crippen molar-refractivity contribution in [1.82, 2.24) is 10.2 Å². The van der Waals surface area contributed by atoms with Gasteiger partial charge >= 0.3 is 6.03 Å². The van der Waals surface area contributed by atoms with E-state index in [0.717, 1.165) is 30.8 Å². The summed E-state index contributed by atoms with van der Waals surface area (Å²) < 4.78 is 0. The fourth-order valence-corrected chi connectivity index (χ4v) is 3.36. The standard InChI is InChI=1S/C21H19N3O4/c25-17-9-3-14(4-10-17)13-18-20(27)24(21(28)22-18)16-7-5-15(6-8-16)19(26)23-11-1-2-12-23/h3-10,13,25H,1-2,11-12H2,(H,22,28)/b18-13-. The summed E-state index contributed by atoms with van der Waals surface area (Å²) in [7, 11) is 0. The van der Waals surface area contributed by atoms with Crippen molar-refractivity contribution < 1.29 is 19.5 Å². The van der Waals surface area contributed by atoms with E-state index in [1.807, 2.05) is 0 Å². The predicted molar refractivity (Wildman–Crippen MR) is 104 cm³/mol. The van der Waals surface area contributed by atoms with Crippen molar-refractivity contribution in [3.8, 4) is 5.75 Å². The van der Waals surface area contributed by atoms with Gasteiger partial charge in [0.1, 0.15) is 11.4 Å². The number of nitrogens with one attached hydrogen (secondary N) is 1. The van der Waals surface area contributed by atoms with Gasteiger partial charge in [-0.05, 0) is 60.9 Å². The smallest absolute Gasteiger partial charge is 0.333 e. The molecule has 0 atom stereocenters. The van der Waals surface area contributed by atoms with E-state index in [1.165, 1.54) is 12.1 Å². The van der Waals surface area contributed by atoms with Crippen molar-refractivity contribution in [2.24, 2.45) is 0 Å². The largest absolute Gasteiger partial charge is 0.508 e. The summed E-state index contributed by atoms with van der Waals surface area (Å²) in [5.74, 6) is -0.389. The number of hydrogen-bond donors (Lipinski definition) is 2. The third-order valence-corrected chi connectivity index (χ3v) is 4.85. The van der Waals surface area contributed by atoms with Gasteiger partial charge in [0, 0.05) is 18.7 Å². The number of amides is 4. The van der Waals surface area contributed by atoms with Gasteiger partial charge in [0.15, 0.2) is 0 Å². The Morgan fingerprint density at radius 3 is 2.25 bits per heavy atom. The second-order valence-corrected chi connectivity index (χ2v) is 6.77. The second kappa shape index (κ2) is 7.19. The van der Waals surface area contributed by atoms with E-state index in [0.29, 0.717) is 16.8 Å². The molecule has 7 nitrogen and oxygen atoms in total. The molecule has 2 aromatic carbocycles. The number of benzene rings is 2. The summed E-state index contributed by atoms with van der Waals surface area (Å²) in [5.41, 5.74) is 1.76. The zero-order chi connectivity index (χ0) is 19.7. The van der Waals surface area contributed by atoms with Crippen LogP contribution in [-0.2, 0) is 4.79 Å². The number of phenolic OH excluding ortho intramolecular Hbond substituents is 1. The molecule has 2 saturated heterocycles. The number of nitrogens with zero attached hydrogens (tertiary/aromatic N) is 2. The molecule has 0 bridgehead atoms. The molecule has 28 heavy (non-hydrogen) atoms. The van der Waals surface area contributed by atoms with Crippen molar-refractivity contribution in [3.05, 3.63) is 65.4 Å². The molecule has 2 heterocycles. The first kappa shape index (κ1) is 17.8. The number of urea groups is 1. The van der Waals surface area contributed by atoms with Gasteiger partial charge < -0.3 is 15.3 Å². The van der Waals surface area contributed by atoms with Crippen LogP contribution < -0.4 is 10.2 Å². The first-order valence-electron chi connectivity index (χ1n) is 9.08. The van der Waals surface area contributed by atoms with E-state index in [4.69, 9.17) is 0 Å². The number of carbonyl (C=O) groups excluding carboxylic acids is 3. The van der Waals surface area contributed by atoms with Gasteiger partial charge in [-0.3, -0.25) is 9.59 Å². The molecule has 2 fully saturated rings. The molecule has 142 valence electrons. The molecule has 2 aromatic rings. The first-order chi connectivity index (χ1) is 13.5. The lowest BCUT2D eigenvalue weighted by atomic mass is 10.1. The lowest BCUT2D eigenvalue weighted by Gasteiger charge is -2.16. The molecule has 2 aliphatic rings. The van der Waals surface area contributed by atoms with Crippen LogP contribution in [0.4, 0.5) is 10.5 Å². The average Bonchev–Trinajstić information content (AvgIpc) is 3.32. The zero-order valence-electron chi connectivity index (χ0n) is 15.1. The second-order valence-electron chi connectivity index (χ2n) is 6.77. The summed E-state index contributed by atoms with van der Waals surface area (Å²) in [4.78, 5) is 40.2. The molecule has 7 heteroatoms. The van der Waals surface area contributed by atoms with Crippen molar-refractivity contribution in [1.29, 1.82) is 0 Å². The first-order valence-corrected chi connectivity index (χ1v) is 9.08. The van der Waals surface area contributed by atoms with Crippen LogP contribution in [0.2, 0.25) is 0 Å². The van der Waals surface area contributed by atoms with Crippen molar-refractivity contribution in [2.75, 3.05) is 18.0 Å². The van der Waals surface area contributed by atoms with Gasteiger partial charge in [-0.1, -0.05) is 12.1 Å². The molecule has 2 aliphatic heterocycles. The highest BCUT2D eigenvalue weighted by Gasteiger charge is 2.35. The molecule has 4 amide bonds. The molecule has 0 saturated carbocycles. The maximum atomic E-state index is 12.7. The third kappa shape index (κ3) is 3.34. The minimum atomic E-state index is -0.548. The maximum Gasteiger partial charge on any atom is 0.333 e. The number of imide groups is 1. The van der Waals surface area contributed by atoms with Gasteiger partial charge in [0.05, 0.1) is 5.69 Å². The molecule has 0 aliphatic carbocycles. The molecule has 0 unspecified atom stereocenters. The fourth-order valence-electron chi connectivity index (χ4n) is 3.36. The predicted octanol–water partition coefficient (Wildman–Crippen LogP) is 2.73. The molecular formula is C21H19N3O4. The van der Waals surface area contributed by atoms with Crippen LogP contribution in [-0.4, -0.2) is 40.9 Å². The maximum absolute atomic E-state index is 12.7. The molecule has 0 aromatic heterocycles. The van der Waals surface area contributed by atoms with Crippen molar-refractivity contribution >= 4 is 29.6 Å². The minimum absolute atomic E-state index is 0.0332. The van der Waals surface area contributed by atoms with Crippen LogP contribution >= 0.6 is 0 Å². The molecular weight excluding hydrogens is 358 g/mol. The summed E-state index contributed by atoms with van der Waals surface area (Å²) in [6.45, 7) is 1.53. The Morgan fingerprint density at radius 2 is 1.61 bits per heavy atom. The van der Waals surface area contributed by atoms with Crippen LogP contribution in [0.3, 0.4) is 0 Å². The van der Waals surface area contributed by atoms with Crippen LogP contribution in [0.15, 0.2) is 54.2 Å². The van der Waals surface area contributed by atoms with E-state index >= 15 is 0 Å². The van der Waals surface area contributed by atoms with Crippen LogP contribution in [0.1, 0.15) is 28.8 Å². The summed E-state index contributed by atoms with van der Waals surface area (Å²) in [6, 6.07) is 12.2. The Balaban J connectivity index is 1.54. The lowest BCUT2D eigenvalue weighted by Crippen LogP contribution is -2.31. The Bertz CT molecular complexity index is 958. The molecule has 2 N–H and O–H groups in total. The number of carbonyl (C=O) groups is 3. The van der Waals surface area contributed by atoms with Crippen LogP contribution in [0.5, 0.6) is 5.75 Å². The summed E-state index contributed by atoms with van der Waals surface area (Å²) in [5, 5.41) is 11.9. The molecule has 0 radical (unpaired) electrons. The monoisotopic (exact) mass is 377 g/mol. The van der Waals surface area contributed by atoms with Gasteiger partial charge in [0.2, 0.25) is 0 Å². The minimum Gasteiger partial charge on any atom is -0.508 e. The van der Waals surface area contributed by atoms with Crippen molar-refractivity contribution in [3.63, 3.8) is 0 Å². The Kier molecular flexibility index (Phi) is 4.57. The average molecular weight is 377 g/mol. The fraction of sp³-hybridized carbons (Fsp3) is 0.190. The van der Waals surface area contributed by atoms with E-state index in [-0.39, 0.29) is 17.4 Å². The van der Waals surface area contributed by atoms with Crippen LogP contribution in [0, 0.1) is 0 Å².